The SMILES string of the molecule is COCCNC(=O)C(C)Nc1cc(C#N)ccn1. The molecule has 1 unspecified atom stereocenters. The van der Waals surface area contributed by atoms with E-state index in [0.29, 0.717) is 24.5 Å². The minimum atomic E-state index is -0.428. The molecular weight excluding hydrogens is 232 g/mol. The fourth-order valence-electron chi connectivity index (χ4n) is 1.30. The molecule has 6 nitrogen and oxygen atoms in total. The Morgan fingerprint density at radius 3 is 3.11 bits per heavy atom. The van der Waals surface area contributed by atoms with Gasteiger partial charge in [0.2, 0.25) is 5.91 Å². The molecule has 1 aromatic heterocycles. The number of nitriles is 1. The minimum absolute atomic E-state index is 0.142. The maximum absolute atomic E-state index is 11.7. The Hall–Kier alpha value is -2.13. The van der Waals surface area contributed by atoms with Crippen molar-refractivity contribution in [3.8, 4) is 6.07 Å². The van der Waals surface area contributed by atoms with Gasteiger partial charge in [0, 0.05) is 19.9 Å². The molecule has 1 rings (SSSR count). The van der Waals surface area contributed by atoms with E-state index in [2.05, 4.69) is 15.6 Å². The molecule has 0 radical (unpaired) electrons. The monoisotopic (exact) mass is 248 g/mol. The summed E-state index contributed by atoms with van der Waals surface area (Å²) >= 11 is 0. The third-order valence-electron chi connectivity index (χ3n) is 2.25. The summed E-state index contributed by atoms with van der Waals surface area (Å²) < 4.78 is 4.84. The molecule has 18 heavy (non-hydrogen) atoms. The maximum atomic E-state index is 11.7. The zero-order valence-corrected chi connectivity index (χ0v) is 10.4. The van der Waals surface area contributed by atoms with E-state index in [-0.39, 0.29) is 5.91 Å². The fraction of sp³-hybridized carbons (Fsp3) is 0.417. The number of hydrogen-bond donors (Lipinski definition) is 2. The number of anilines is 1. The lowest BCUT2D eigenvalue weighted by Crippen LogP contribution is -2.39. The fourth-order valence-corrected chi connectivity index (χ4v) is 1.30. The van der Waals surface area contributed by atoms with Gasteiger partial charge in [-0.2, -0.15) is 5.26 Å². The highest BCUT2D eigenvalue weighted by atomic mass is 16.5. The second kappa shape index (κ2) is 7.25. The minimum Gasteiger partial charge on any atom is -0.383 e. The number of hydrogen-bond acceptors (Lipinski definition) is 5. The van der Waals surface area contributed by atoms with Gasteiger partial charge in [-0.15, -0.1) is 0 Å². The second-order valence-corrected chi connectivity index (χ2v) is 3.69. The summed E-state index contributed by atoms with van der Waals surface area (Å²) in [6.07, 6.45) is 1.52. The van der Waals surface area contributed by atoms with Crippen molar-refractivity contribution in [2.45, 2.75) is 13.0 Å². The van der Waals surface area contributed by atoms with Crippen LogP contribution in [0.3, 0.4) is 0 Å². The normalized spacial score (nSPS) is 11.4. The highest BCUT2D eigenvalue weighted by Gasteiger charge is 2.12. The number of rotatable bonds is 6. The van der Waals surface area contributed by atoms with Crippen LogP contribution in [0.2, 0.25) is 0 Å². The molecule has 1 amide bonds. The number of nitrogens with one attached hydrogen (secondary N) is 2. The molecule has 0 saturated carbocycles. The second-order valence-electron chi connectivity index (χ2n) is 3.69. The highest BCUT2D eigenvalue weighted by Crippen LogP contribution is 2.06. The molecule has 0 bridgehead atoms. The van der Waals surface area contributed by atoms with Crippen LogP contribution in [0.5, 0.6) is 0 Å². The van der Waals surface area contributed by atoms with E-state index in [4.69, 9.17) is 10.00 Å². The zero-order valence-electron chi connectivity index (χ0n) is 10.4. The lowest BCUT2D eigenvalue weighted by atomic mass is 10.2. The van der Waals surface area contributed by atoms with Crippen LogP contribution in [-0.2, 0) is 9.53 Å². The van der Waals surface area contributed by atoms with Crippen molar-refractivity contribution in [2.24, 2.45) is 0 Å². The van der Waals surface area contributed by atoms with Crippen LogP contribution < -0.4 is 10.6 Å². The largest absolute Gasteiger partial charge is 0.383 e. The van der Waals surface area contributed by atoms with Crippen molar-refractivity contribution < 1.29 is 9.53 Å². The first kappa shape index (κ1) is 13.9. The van der Waals surface area contributed by atoms with Gasteiger partial charge in [0.25, 0.3) is 0 Å². The van der Waals surface area contributed by atoms with Crippen molar-refractivity contribution in [3.05, 3.63) is 23.9 Å². The van der Waals surface area contributed by atoms with Gasteiger partial charge in [0.05, 0.1) is 18.2 Å². The summed E-state index contributed by atoms with van der Waals surface area (Å²) in [7, 11) is 1.57. The van der Waals surface area contributed by atoms with Crippen LogP contribution in [0.15, 0.2) is 18.3 Å². The predicted octanol–water partition coefficient (Wildman–Crippen LogP) is 0.516. The summed E-state index contributed by atoms with van der Waals surface area (Å²) in [5, 5.41) is 14.4. The Morgan fingerprint density at radius 1 is 1.67 bits per heavy atom. The number of amides is 1. The van der Waals surface area contributed by atoms with Crippen LogP contribution in [0.25, 0.3) is 0 Å². The Bertz CT molecular complexity index is 442. The van der Waals surface area contributed by atoms with Crippen molar-refractivity contribution in [3.63, 3.8) is 0 Å². The molecule has 0 saturated heterocycles. The van der Waals surface area contributed by atoms with Crippen LogP contribution in [0.4, 0.5) is 5.82 Å². The zero-order chi connectivity index (χ0) is 13.4. The first-order valence-electron chi connectivity index (χ1n) is 5.56. The van der Waals surface area contributed by atoms with Crippen LogP contribution in [0, 0.1) is 11.3 Å². The number of carbonyl (C=O) groups is 1. The van der Waals surface area contributed by atoms with E-state index in [1.807, 2.05) is 6.07 Å². The standard InChI is InChI=1S/C12H16N4O2/c1-9(12(17)15-5-6-18-2)16-11-7-10(8-13)3-4-14-11/h3-4,7,9H,5-6H2,1-2H3,(H,14,16)(H,15,17). The van der Waals surface area contributed by atoms with Gasteiger partial charge in [-0.25, -0.2) is 4.98 Å². The average Bonchev–Trinajstić information content (AvgIpc) is 2.39. The summed E-state index contributed by atoms with van der Waals surface area (Å²) in [5.41, 5.74) is 0.500. The van der Waals surface area contributed by atoms with Crippen LogP contribution in [-0.4, -0.2) is 37.2 Å². The molecule has 0 aromatic carbocycles. The third kappa shape index (κ3) is 4.39. The molecule has 1 heterocycles. The molecule has 0 aliphatic carbocycles. The van der Waals surface area contributed by atoms with Crippen molar-refractivity contribution >= 4 is 11.7 Å². The van der Waals surface area contributed by atoms with E-state index in [0.717, 1.165) is 0 Å². The number of methoxy groups -OCH3 is 1. The summed E-state index contributed by atoms with van der Waals surface area (Å²) in [5.74, 6) is 0.361. The number of nitrogens with zero attached hydrogens (tertiary/aromatic N) is 2. The quantitative estimate of drug-likeness (QED) is 0.716. The topological polar surface area (TPSA) is 87.0 Å². The first-order valence-corrected chi connectivity index (χ1v) is 5.56. The van der Waals surface area contributed by atoms with Gasteiger partial charge in [-0.3, -0.25) is 4.79 Å². The lowest BCUT2D eigenvalue weighted by Gasteiger charge is -2.14. The van der Waals surface area contributed by atoms with Crippen molar-refractivity contribution in [1.82, 2.24) is 10.3 Å². The van der Waals surface area contributed by atoms with Gasteiger partial charge in [-0.1, -0.05) is 0 Å². The van der Waals surface area contributed by atoms with Crippen LogP contribution >= 0.6 is 0 Å². The number of pyridine rings is 1. The smallest absolute Gasteiger partial charge is 0.242 e. The summed E-state index contributed by atoms with van der Waals surface area (Å²) in [6, 6.07) is 4.79. The molecule has 1 atom stereocenters. The van der Waals surface area contributed by atoms with Gasteiger partial charge in [0.15, 0.2) is 0 Å². The van der Waals surface area contributed by atoms with Crippen molar-refractivity contribution in [1.29, 1.82) is 5.26 Å². The van der Waals surface area contributed by atoms with E-state index >= 15 is 0 Å². The lowest BCUT2D eigenvalue weighted by molar-refractivity contribution is -0.121. The Labute approximate surface area is 106 Å². The van der Waals surface area contributed by atoms with Gasteiger partial charge < -0.3 is 15.4 Å². The van der Waals surface area contributed by atoms with Crippen molar-refractivity contribution in [2.75, 3.05) is 25.6 Å². The average molecular weight is 248 g/mol. The van der Waals surface area contributed by atoms with E-state index in [1.54, 1.807) is 26.2 Å². The van der Waals surface area contributed by atoms with E-state index in [9.17, 15) is 4.79 Å². The highest BCUT2D eigenvalue weighted by molar-refractivity contribution is 5.83. The molecule has 0 spiro atoms. The molecule has 0 aliphatic rings. The molecule has 2 N–H and O–H groups in total. The van der Waals surface area contributed by atoms with Gasteiger partial charge >= 0.3 is 0 Å². The van der Waals surface area contributed by atoms with E-state index in [1.165, 1.54) is 6.20 Å². The molecule has 6 heteroatoms. The molecular formula is C12H16N4O2. The summed E-state index contributed by atoms with van der Waals surface area (Å²) in [6.45, 7) is 2.66. The Balaban J connectivity index is 2.50. The van der Waals surface area contributed by atoms with E-state index < -0.39 is 6.04 Å². The molecule has 0 aliphatic heterocycles. The molecule has 96 valence electrons. The Morgan fingerprint density at radius 2 is 2.44 bits per heavy atom. The first-order chi connectivity index (χ1) is 8.67. The summed E-state index contributed by atoms with van der Waals surface area (Å²) in [4.78, 5) is 15.7. The molecule has 0 fully saturated rings. The Kier molecular flexibility index (Phi) is 5.61. The van der Waals surface area contributed by atoms with Crippen LogP contribution in [0.1, 0.15) is 12.5 Å². The third-order valence-corrected chi connectivity index (χ3v) is 2.25. The van der Waals surface area contributed by atoms with Gasteiger partial charge in [-0.05, 0) is 19.1 Å². The predicted molar refractivity (Wildman–Crippen MR) is 66.9 cm³/mol. The number of ether oxygens (including phenoxy) is 1. The van der Waals surface area contributed by atoms with Gasteiger partial charge in [0.1, 0.15) is 11.9 Å². The number of aromatic nitrogens is 1. The molecule has 1 aromatic rings. The maximum Gasteiger partial charge on any atom is 0.242 e. The number of carbonyl (C=O) groups excluding carboxylic acids is 1.